The zero-order valence-electron chi connectivity index (χ0n) is 41.1. The lowest BCUT2D eigenvalue weighted by Gasteiger charge is -2.21. The lowest BCUT2D eigenvalue weighted by Crippen LogP contribution is -2.36. The third kappa shape index (κ3) is 29.8. The Morgan fingerprint density at radius 1 is 0.797 bits per heavy atom. The van der Waals surface area contributed by atoms with Crippen LogP contribution >= 0.6 is 15.6 Å². The lowest BCUT2D eigenvalue weighted by atomic mass is 10.0. The highest BCUT2D eigenvalue weighted by Crippen LogP contribution is 2.60. The topological polar surface area (TPSA) is 286 Å². The summed E-state index contributed by atoms with van der Waals surface area (Å²) in [5.74, 6) is -0.763. The number of nitrogens with zero attached hydrogens (tertiary/aromatic N) is 2. The van der Waals surface area contributed by atoms with Crippen LogP contribution in [0.5, 0.6) is 0 Å². The number of aliphatic hydroxyl groups excluding tert-OH is 3. The predicted octanol–water partition coefficient (Wildman–Crippen LogP) is 8.83. The molecule has 1 fully saturated rings. The zero-order chi connectivity index (χ0) is 50.9. The number of allylic oxidation sites excluding steroid dienone is 5. The highest BCUT2D eigenvalue weighted by Gasteiger charge is 2.46. The molecule has 69 heavy (non-hydrogen) atoms. The van der Waals surface area contributed by atoms with Crippen LogP contribution in [-0.2, 0) is 46.3 Å². The van der Waals surface area contributed by atoms with E-state index in [4.69, 9.17) is 29.0 Å². The van der Waals surface area contributed by atoms with Gasteiger partial charge < -0.3 is 45.1 Å². The summed E-state index contributed by atoms with van der Waals surface area (Å²) < 4.78 is 56.6. The third-order valence-electron chi connectivity index (χ3n) is 11.3. The van der Waals surface area contributed by atoms with E-state index in [9.17, 15) is 48.6 Å². The van der Waals surface area contributed by atoms with Gasteiger partial charge in [0.15, 0.2) is 12.3 Å². The van der Waals surface area contributed by atoms with Crippen molar-refractivity contribution in [3.05, 3.63) is 59.2 Å². The minimum Gasteiger partial charge on any atom is -0.462 e. The van der Waals surface area contributed by atoms with Gasteiger partial charge in [-0.2, -0.15) is 9.29 Å². The van der Waals surface area contributed by atoms with E-state index in [-0.39, 0.29) is 31.5 Å². The molecular formula is C48H83N3O16P2. The number of phosphoric ester groups is 2. The van der Waals surface area contributed by atoms with E-state index in [1.54, 1.807) is 12.2 Å². The van der Waals surface area contributed by atoms with Gasteiger partial charge in [-0.25, -0.2) is 13.9 Å². The molecule has 1 aliphatic rings. The first kappa shape index (κ1) is 62.1. The van der Waals surface area contributed by atoms with Crippen molar-refractivity contribution in [1.29, 1.82) is 0 Å². The van der Waals surface area contributed by atoms with Crippen LogP contribution in [0.2, 0.25) is 0 Å². The summed E-state index contributed by atoms with van der Waals surface area (Å²) in [5.41, 5.74) is 4.57. The fourth-order valence-corrected chi connectivity index (χ4v) is 9.44. The summed E-state index contributed by atoms with van der Waals surface area (Å²) in [6.07, 6.45) is 25.6. The maximum absolute atomic E-state index is 12.8. The number of nitrogen functional groups attached to an aromatic ring is 1. The van der Waals surface area contributed by atoms with Gasteiger partial charge in [0.25, 0.3) is 0 Å². The summed E-state index contributed by atoms with van der Waals surface area (Å²) in [4.78, 5) is 61.8. The van der Waals surface area contributed by atoms with E-state index in [2.05, 4.69) is 42.2 Å². The molecule has 0 amide bonds. The first-order chi connectivity index (χ1) is 32.9. The molecule has 3 unspecified atom stereocenters. The van der Waals surface area contributed by atoms with Crippen LogP contribution < -0.4 is 11.4 Å². The number of esters is 2. The van der Waals surface area contributed by atoms with Crippen molar-refractivity contribution in [3.8, 4) is 0 Å². The van der Waals surface area contributed by atoms with Crippen LogP contribution in [0.4, 0.5) is 5.82 Å². The molecule has 0 saturated carbocycles. The molecular weight excluding hydrogens is 936 g/mol. The van der Waals surface area contributed by atoms with E-state index >= 15 is 0 Å². The number of ether oxygens (including phenoxy) is 3. The maximum atomic E-state index is 12.8. The first-order valence-electron chi connectivity index (χ1n) is 25.0. The summed E-state index contributed by atoms with van der Waals surface area (Å²) >= 11 is 0. The molecule has 21 heteroatoms. The summed E-state index contributed by atoms with van der Waals surface area (Å²) in [5, 5.41) is 31.2. The van der Waals surface area contributed by atoms with Crippen LogP contribution in [0, 0.1) is 5.92 Å². The van der Waals surface area contributed by atoms with E-state index < -0.39 is 89.8 Å². The van der Waals surface area contributed by atoms with Crippen molar-refractivity contribution in [2.45, 2.75) is 205 Å². The number of unbranched alkanes of at least 4 members (excludes halogenated alkanes) is 15. The van der Waals surface area contributed by atoms with Crippen LogP contribution in [0.15, 0.2) is 53.5 Å². The Labute approximate surface area is 409 Å². The molecule has 19 nitrogen and oxygen atoms in total. The second-order valence-corrected chi connectivity index (χ2v) is 21.0. The molecule has 0 aromatic carbocycles. The summed E-state index contributed by atoms with van der Waals surface area (Å²) in [7, 11) is -10.9. The van der Waals surface area contributed by atoms with Crippen molar-refractivity contribution in [3.63, 3.8) is 0 Å². The van der Waals surface area contributed by atoms with Crippen molar-refractivity contribution in [1.82, 2.24) is 9.55 Å². The van der Waals surface area contributed by atoms with Gasteiger partial charge in [0.1, 0.15) is 30.7 Å². The largest absolute Gasteiger partial charge is 0.481 e. The van der Waals surface area contributed by atoms with Gasteiger partial charge in [-0.05, 0) is 50.5 Å². The predicted molar refractivity (Wildman–Crippen MR) is 262 cm³/mol. The molecule has 7 N–H and O–H groups in total. The average Bonchev–Trinajstić information content (AvgIpc) is 3.56. The minimum absolute atomic E-state index is 0.0118. The Morgan fingerprint density at radius 2 is 1.42 bits per heavy atom. The van der Waals surface area contributed by atoms with Crippen molar-refractivity contribution in [2.75, 3.05) is 25.6 Å². The fraction of sp³-hybridized carbons (Fsp3) is 0.750. The molecule has 1 aromatic heterocycles. The van der Waals surface area contributed by atoms with Gasteiger partial charge >= 0.3 is 33.3 Å². The SMILES string of the molecule is CCCCCCCC/C=C/C/C=C/C=C/C(O)CCCC(=O)OC[C@H](COP(=O)(O)OP(=O)(O)OC[C@H]1O[C@@H](n2ccc(N)nc2=O)[C@H](O)[C@@H]1O)OC(=O)CCCCCCCCCCCCC(C)C. The molecule has 1 aromatic rings. The van der Waals surface area contributed by atoms with Gasteiger partial charge in [0.2, 0.25) is 0 Å². The number of aliphatic hydroxyl groups is 3. The molecule has 8 atom stereocenters. The highest BCUT2D eigenvalue weighted by molar-refractivity contribution is 7.61. The average molecular weight is 1020 g/mol. The number of carbonyl (C=O) groups excluding carboxylic acids is 2. The van der Waals surface area contributed by atoms with Gasteiger partial charge in [0, 0.05) is 19.0 Å². The Kier molecular flexibility index (Phi) is 32.3. The van der Waals surface area contributed by atoms with Gasteiger partial charge in [-0.1, -0.05) is 154 Å². The Balaban J connectivity index is 1.85. The van der Waals surface area contributed by atoms with Gasteiger partial charge in [-0.3, -0.25) is 23.2 Å². The van der Waals surface area contributed by atoms with Crippen LogP contribution in [0.3, 0.4) is 0 Å². The number of nitrogens with two attached hydrogens (primary N) is 1. The second-order valence-electron chi connectivity index (χ2n) is 18.0. The smallest absolute Gasteiger partial charge is 0.462 e. The number of hydrogen-bond acceptors (Lipinski definition) is 16. The zero-order valence-corrected chi connectivity index (χ0v) is 42.9. The summed E-state index contributed by atoms with van der Waals surface area (Å²) in [6, 6.07) is 1.24. The Hall–Kier alpha value is -3.06. The number of rotatable bonds is 40. The normalized spacial score (nSPS) is 20.2. The molecule has 1 saturated heterocycles. The quantitative estimate of drug-likeness (QED) is 0.0118. The molecule has 2 rings (SSSR count). The number of hydrogen-bond donors (Lipinski definition) is 6. The summed E-state index contributed by atoms with van der Waals surface area (Å²) in [6.45, 7) is 4.23. The second kappa shape index (κ2) is 35.9. The van der Waals surface area contributed by atoms with Crippen molar-refractivity contribution in [2.24, 2.45) is 5.92 Å². The molecule has 2 heterocycles. The van der Waals surface area contributed by atoms with Crippen LogP contribution in [0.25, 0.3) is 0 Å². The maximum Gasteiger partial charge on any atom is 0.481 e. The van der Waals surface area contributed by atoms with E-state index in [0.29, 0.717) is 6.42 Å². The Morgan fingerprint density at radius 3 is 2.09 bits per heavy atom. The number of anilines is 1. The minimum atomic E-state index is -5.46. The molecule has 0 aliphatic carbocycles. The number of aromatic nitrogens is 2. The van der Waals surface area contributed by atoms with E-state index in [1.807, 2.05) is 12.2 Å². The standard InChI is InChI=1S/C48H83N3O16P2/c1-4-5-6-7-8-9-10-11-12-16-19-22-25-29-39(52)30-27-32-43(53)62-35-40(65-44(54)31-26-23-20-17-14-13-15-18-21-24-28-38(2)3)36-63-68(58,59)67-69(60,61)64-37-41-45(55)46(56)47(66-41)51-34-33-42(49)50-48(51)57/h11-12,19,22,25,29,33-34,38-41,45-47,52,55-56H,4-10,13-18,20-21,23-24,26-28,30-32,35-37H2,1-3H3,(H,58,59)(H,60,61)(H2,49,50,57)/b12-11+,22-19+,29-25+/t39?,40-,41-,45-,46-,47-/m1/s1. The first-order valence-corrected chi connectivity index (χ1v) is 28.0. The van der Waals surface area contributed by atoms with Crippen LogP contribution in [-0.4, -0.2) is 96.9 Å². The number of carbonyl (C=O) groups is 2. The monoisotopic (exact) mass is 1020 g/mol. The molecule has 0 bridgehead atoms. The molecule has 396 valence electrons. The number of phosphoric acid groups is 2. The van der Waals surface area contributed by atoms with Crippen LogP contribution in [0.1, 0.15) is 175 Å². The van der Waals surface area contributed by atoms with Gasteiger partial charge in [-0.15, -0.1) is 0 Å². The molecule has 0 radical (unpaired) electrons. The van der Waals surface area contributed by atoms with Gasteiger partial charge in [0.05, 0.1) is 19.3 Å². The molecule has 1 aliphatic heterocycles. The third-order valence-corrected chi connectivity index (χ3v) is 13.9. The Bertz CT molecular complexity index is 1830. The molecule has 0 spiro atoms. The van der Waals surface area contributed by atoms with Crippen molar-refractivity contribution < 1.29 is 71.4 Å². The van der Waals surface area contributed by atoms with E-state index in [0.717, 1.165) is 55.2 Å². The van der Waals surface area contributed by atoms with Crippen molar-refractivity contribution >= 4 is 33.4 Å². The van der Waals surface area contributed by atoms with E-state index in [1.165, 1.54) is 83.1 Å². The lowest BCUT2D eigenvalue weighted by molar-refractivity contribution is -0.161. The fourth-order valence-electron chi connectivity index (χ4n) is 7.33. The highest BCUT2D eigenvalue weighted by atomic mass is 31.3.